The molecule has 0 aliphatic carbocycles. The summed E-state index contributed by atoms with van der Waals surface area (Å²) < 4.78 is 11.2. The molecule has 142 valence electrons. The zero-order valence-corrected chi connectivity index (χ0v) is 17.3. The number of nitrogens with one attached hydrogen (secondary N) is 1. The lowest BCUT2D eigenvalue weighted by Crippen LogP contribution is -2.12. The average Bonchev–Trinajstić information content (AvgIpc) is 3.03. The summed E-state index contributed by atoms with van der Waals surface area (Å²) >= 11 is 7.66. The molecule has 0 saturated carbocycles. The van der Waals surface area contributed by atoms with Crippen molar-refractivity contribution in [3.8, 4) is 11.5 Å². The lowest BCUT2D eigenvalue weighted by atomic mass is 9.98. The highest BCUT2D eigenvalue weighted by atomic mass is 35.5. The van der Waals surface area contributed by atoms with E-state index < -0.39 is 0 Å². The Kier molecular flexibility index (Phi) is 6.83. The van der Waals surface area contributed by atoms with Crippen molar-refractivity contribution in [1.29, 1.82) is 0 Å². The fourth-order valence-corrected chi connectivity index (χ4v) is 3.11. The SMILES string of the molecule is CCCOc1c(Cl)cc(C(=O)Nc2nnc(C(C)(C)C)s2)cc1OCC. The Morgan fingerprint density at radius 3 is 2.54 bits per heavy atom. The molecule has 8 heteroatoms. The molecule has 0 saturated heterocycles. The maximum atomic E-state index is 12.6. The molecule has 2 aromatic rings. The molecule has 0 bridgehead atoms. The largest absolute Gasteiger partial charge is 0.490 e. The first-order valence-corrected chi connectivity index (χ1v) is 9.70. The van der Waals surface area contributed by atoms with Crippen molar-refractivity contribution in [2.75, 3.05) is 18.5 Å². The van der Waals surface area contributed by atoms with Crippen molar-refractivity contribution < 1.29 is 14.3 Å². The van der Waals surface area contributed by atoms with E-state index >= 15 is 0 Å². The fourth-order valence-electron chi connectivity index (χ4n) is 2.05. The number of carbonyl (C=O) groups is 1. The van der Waals surface area contributed by atoms with Crippen LogP contribution in [0.3, 0.4) is 0 Å². The number of ether oxygens (including phenoxy) is 2. The first-order chi connectivity index (χ1) is 12.3. The number of amides is 1. The van der Waals surface area contributed by atoms with E-state index in [2.05, 4.69) is 15.5 Å². The van der Waals surface area contributed by atoms with Gasteiger partial charge in [-0.3, -0.25) is 10.1 Å². The summed E-state index contributed by atoms with van der Waals surface area (Å²) in [5, 5.41) is 12.6. The van der Waals surface area contributed by atoms with Crippen LogP contribution in [0.25, 0.3) is 0 Å². The lowest BCUT2D eigenvalue weighted by molar-refractivity contribution is 0.102. The Balaban J connectivity index is 2.24. The van der Waals surface area contributed by atoms with E-state index in [0.29, 0.717) is 40.4 Å². The lowest BCUT2D eigenvalue weighted by Gasteiger charge is -2.14. The first-order valence-electron chi connectivity index (χ1n) is 8.50. The molecule has 1 aromatic heterocycles. The number of benzene rings is 1. The first kappa shape index (κ1) is 20.5. The van der Waals surface area contributed by atoms with Crippen molar-refractivity contribution in [3.05, 3.63) is 27.7 Å². The van der Waals surface area contributed by atoms with Crippen molar-refractivity contribution in [3.63, 3.8) is 0 Å². The number of rotatable bonds is 7. The van der Waals surface area contributed by atoms with Crippen LogP contribution in [-0.4, -0.2) is 29.3 Å². The Morgan fingerprint density at radius 2 is 1.96 bits per heavy atom. The second kappa shape index (κ2) is 8.68. The van der Waals surface area contributed by atoms with Gasteiger partial charge in [0.2, 0.25) is 5.13 Å². The summed E-state index contributed by atoms with van der Waals surface area (Å²) in [5.41, 5.74) is 0.250. The van der Waals surface area contributed by atoms with Crippen molar-refractivity contribution in [2.24, 2.45) is 0 Å². The number of halogens is 1. The van der Waals surface area contributed by atoms with E-state index in [-0.39, 0.29) is 11.3 Å². The predicted octanol–water partition coefficient (Wildman–Crippen LogP) is 4.93. The number of hydrogen-bond donors (Lipinski definition) is 1. The number of aromatic nitrogens is 2. The monoisotopic (exact) mass is 397 g/mol. The highest BCUT2D eigenvalue weighted by molar-refractivity contribution is 7.15. The van der Waals surface area contributed by atoms with Gasteiger partial charge in [-0.15, -0.1) is 10.2 Å². The van der Waals surface area contributed by atoms with Crippen molar-refractivity contribution >= 4 is 34.0 Å². The molecule has 1 aromatic carbocycles. The van der Waals surface area contributed by atoms with Gasteiger partial charge in [0.05, 0.1) is 18.2 Å². The van der Waals surface area contributed by atoms with E-state index in [1.165, 1.54) is 11.3 Å². The molecule has 0 fully saturated rings. The van der Waals surface area contributed by atoms with E-state index in [1.54, 1.807) is 12.1 Å². The van der Waals surface area contributed by atoms with Gasteiger partial charge >= 0.3 is 0 Å². The third-order valence-corrected chi connectivity index (χ3v) is 4.85. The van der Waals surface area contributed by atoms with Gasteiger partial charge in [0.1, 0.15) is 5.01 Å². The van der Waals surface area contributed by atoms with Gasteiger partial charge < -0.3 is 9.47 Å². The van der Waals surface area contributed by atoms with Gasteiger partial charge in [-0.1, -0.05) is 50.6 Å². The molecule has 26 heavy (non-hydrogen) atoms. The molecule has 2 rings (SSSR count). The van der Waals surface area contributed by atoms with Crippen molar-refractivity contribution in [2.45, 2.75) is 46.5 Å². The highest BCUT2D eigenvalue weighted by Gasteiger charge is 2.21. The van der Waals surface area contributed by atoms with Gasteiger partial charge in [-0.2, -0.15) is 0 Å². The van der Waals surface area contributed by atoms with Crippen LogP contribution in [0, 0.1) is 0 Å². The number of nitrogens with zero attached hydrogens (tertiary/aromatic N) is 2. The minimum atomic E-state index is -0.327. The zero-order valence-electron chi connectivity index (χ0n) is 15.7. The maximum absolute atomic E-state index is 12.6. The summed E-state index contributed by atoms with van der Waals surface area (Å²) in [5.74, 6) is 0.579. The topological polar surface area (TPSA) is 73.3 Å². The fraction of sp³-hybridized carbons (Fsp3) is 0.500. The molecule has 0 aliphatic rings. The second-order valence-corrected chi connectivity index (χ2v) is 8.07. The third-order valence-electron chi connectivity index (χ3n) is 3.31. The van der Waals surface area contributed by atoms with Crippen LogP contribution in [-0.2, 0) is 5.41 Å². The molecule has 0 radical (unpaired) electrons. The Hall–Kier alpha value is -1.86. The summed E-state index contributed by atoms with van der Waals surface area (Å²) in [7, 11) is 0. The summed E-state index contributed by atoms with van der Waals surface area (Å²) in [6, 6.07) is 3.19. The maximum Gasteiger partial charge on any atom is 0.257 e. The minimum Gasteiger partial charge on any atom is -0.490 e. The van der Waals surface area contributed by atoms with Gasteiger partial charge in [0.15, 0.2) is 11.5 Å². The van der Waals surface area contributed by atoms with Gasteiger partial charge in [0.25, 0.3) is 5.91 Å². The Morgan fingerprint density at radius 1 is 1.23 bits per heavy atom. The quantitative estimate of drug-likeness (QED) is 0.717. The van der Waals surface area contributed by atoms with Crippen LogP contribution in [0.5, 0.6) is 11.5 Å². The van der Waals surface area contributed by atoms with Crippen LogP contribution < -0.4 is 14.8 Å². The van der Waals surface area contributed by atoms with Gasteiger partial charge in [-0.25, -0.2) is 0 Å². The molecule has 1 N–H and O–H groups in total. The van der Waals surface area contributed by atoms with E-state index in [0.717, 1.165) is 11.4 Å². The number of hydrogen-bond acceptors (Lipinski definition) is 6. The summed E-state index contributed by atoms with van der Waals surface area (Å²) in [6.07, 6.45) is 0.845. The van der Waals surface area contributed by atoms with E-state index in [1.807, 2.05) is 34.6 Å². The minimum absolute atomic E-state index is 0.121. The molecule has 0 aliphatic heterocycles. The van der Waals surface area contributed by atoms with Crippen LogP contribution in [0.4, 0.5) is 5.13 Å². The smallest absolute Gasteiger partial charge is 0.257 e. The van der Waals surface area contributed by atoms with Crippen molar-refractivity contribution in [1.82, 2.24) is 10.2 Å². The molecule has 0 atom stereocenters. The van der Waals surface area contributed by atoms with Gasteiger partial charge in [0, 0.05) is 11.0 Å². The van der Waals surface area contributed by atoms with E-state index in [9.17, 15) is 4.79 Å². The molecule has 1 amide bonds. The third kappa shape index (κ3) is 5.08. The predicted molar refractivity (Wildman–Crippen MR) is 105 cm³/mol. The molecular formula is C18H24ClN3O3S. The summed E-state index contributed by atoms with van der Waals surface area (Å²) in [4.78, 5) is 12.6. The van der Waals surface area contributed by atoms with Gasteiger partial charge in [-0.05, 0) is 25.5 Å². The van der Waals surface area contributed by atoms with Crippen LogP contribution in [0.1, 0.15) is 56.4 Å². The van der Waals surface area contributed by atoms with Crippen LogP contribution in [0.2, 0.25) is 5.02 Å². The van der Waals surface area contributed by atoms with Crippen LogP contribution >= 0.6 is 22.9 Å². The molecular weight excluding hydrogens is 374 g/mol. The molecule has 0 spiro atoms. The standard InChI is InChI=1S/C18H24ClN3O3S/c1-6-8-25-14-12(19)9-11(10-13(14)24-7-2)15(23)20-17-22-21-16(26-17)18(3,4)5/h9-10H,6-8H2,1-5H3,(H,20,22,23). The molecule has 6 nitrogen and oxygen atoms in total. The number of carbonyl (C=O) groups excluding carboxylic acids is 1. The van der Waals surface area contributed by atoms with Crippen LogP contribution in [0.15, 0.2) is 12.1 Å². The normalized spacial score (nSPS) is 11.3. The molecule has 1 heterocycles. The second-order valence-electron chi connectivity index (χ2n) is 6.68. The molecule has 0 unspecified atom stereocenters. The average molecular weight is 398 g/mol. The van der Waals surface area contributed by atoms with E-state index in [4.69, 9.17) is 21.1 Å². The summed E-state index contributed by atoms with van der Waals surface area (Å²) in [6.45, 7) is 11.0. The number of anilines is 1. The zero-order chi connectivity index (χ0) is 19.3. The Bertz CT molecular complexity index is 772. The Labute approximate surface area is 162 Å². The highest BCUT2D eigenvalue weighted by Crippen LogP contribution is 2.37.